The van der Waals surface area contributed by atoms with E-state index in [2.05, 4.69) is 15.9 Å². The van der Waals surface area contributed by atoms with Crippen molar-refractivity contribution in [2.75, 3.05) is 6.54 Å². The largest absolute Gasteiger partial charge is 0.481 e. The number of carbonyl (C=O) groups is 2. The van der Waals surface area contributed by atoms with E-state index < -0.39 is 5.97 Å². The van der Waals surface area contributed by atoms with Gasteiger partial charge in [-0.05, 0) is 30.5 Å². The van der Waals surface area contributed by atoms with Crippen LogP contribution in [0, 0.1) is 0 Å². The number of thiocarbonyl (C=S) groups is 1. The summed E-state index contributed by atoms with van der Waals surface area (Å²) in [6, 6.07) is 7.82. The number of thioether (sulfide) groups is 1. The van der Waals surface area contributed by atoms with Crippen LogP contribution in [0.1, 0.15) is 63.4 Å². The van der Waals surface area contributed by atoms with Crippen LogP contribution in [-0.2, 0) is 9.59 Å². The highest BCUT2D eigenvalue weighted by molar-refractivity contribution is 9.10. The van der Waals surface area contributed by atoms with Gasteiger partial charge in [0.1, 0.15) is 4.32 Å². The minimum Gasteiger partial charge on any atom is -0.481 e. The summed E-state index contributed by atoms with van der Waals surface area (Å²) in [5.74, 6) is -0.703. The molecular formula is C21H26BrNO3S2. The van der Waals surface area contributed by atoms with Crippen molar-refractivity contribution in [3.8, 4) is 0 Å². The van der Waals surface area contributed by atoms with Crippen molar-refractivity contribution < 1.29 is 14.7 Å². The van der Waals surface area contributed by atoms with Gasteiger partial charge in [0, 0.05) is 17.4 Å². The average molecular weight is 484 g/mol. The highest BCUT2D eigenvalue weighted by Crippen LogP contribution is 2.34. The second-order valence-electron chi connectivity index (χ2n) is 6.83. The Bertz CT molecular complexity index is 736. The molecule has 152 valence electrons. The van der Waals surface area contributed by atoms with E-state index in [0.29, 0.717) is 15.8 Å². The first-order valence-electron chi connectivity index (χ1n) is 9.70. The van der Waals surface area contributed by atoms with Crippen molar-refractivity contribution in [1.29, 1.82) is 0 Å². The third-order valence-corrected chi connectivity index (χ3v) is 6.69. The molecule has 4 nitrogen and oxygen atoms in total. The molecule has 0 saturated carbocycles. The third kappa shape index (κ3) is 7.68. The number of rotatable bonds is 12. The van der Waals surface area contributed by atoms with Gasteiger partial charge in [0.15, 0.2) is 0 Å². The number of aliphatic carboxylic acids is 1. The third-order valence-electron chi connectivity index (χ3n) is 4.59. The Hall–Kier alpha value is -1.18. The zero-order valence-electron chi connectivity index (χ0n) is 15.9. The molecule has 2 rings (SSSR count). The van der Waals surface area contributed by atoms with Crippen LogP contribution in [0.15, 0.2) is 33.6 Å². The van der Waals surface area contributed by atoms with E-state index in [0.717, 1.165) is 61.4 Å². The first kappa shape index (κ1) is 23.1. The predicted molar refractivity (Wildman–Crippen MR) is 123 cm³/mol. The van der Waals surface area contributed by atoms with Gasteiger partial charge in [-0.25, -0.2) is 0 Å². The summed E-state index contributed by atoms with van der Waals surface area (Å²) in [4.78, 5) is 25.5. The Morgan fingerprint density at radius 3 is 2.32 bits per heavy atom. The van der Waals surface area contributed by atoms with Crippen LogP contribution in [0.4, 0.5) is 0 Å². The summed E-state index contributed by atoms with van der Waals surface area (Å²) >= 11 is 10.3. The van der Waals surface area contributed by atoms with Crippen molar-refractivity contribution >= 4 is 62.2 Å². The summed E-state index contributed by atoms with van der Waals surface area (Å²) in [5, 5.41) is 8.60. The Kier molecular flexibility index (Phi) is 10.2. The lowest BCUT2D eigenvalue weighted by Crippen LogP contribution is -2.29. The Balaban J connectivity index is 1.65. The van der Waals surface area contributed by atoms with Crippen molar-refractivity contribution in [3.05, 3.63) is 39.2 Å². The van der Waals surface area contributed by atoms with Crippen LogP contribution in [0.3, 0.4) is 0 Å². The van der Waals surface area contributed by atoms with Gasteiger partial charge in [-0.3, -0.25) is 14.5 Å². The summed E-state index contributed by atoms with van der Waals surface area (Å²) in [6.07, 6.45) is 10.5. The van der Waals surface area contributed by atoms with Gasteiger partial charge in [-0.1, -0.05) is 96.6 Å². The number of amides is 1. The number of halogens is 1. The number of hydrogen-bond donors (Lipinski definition) is 1. The number of carboxylic acids is 1. The lowest BCUT2D eigenvalue weighted by atomic mass is 10.1. The molecule has 1 amide bonds. The van der Waals surface area contributed by atoms with Crippen LogP contribution in [0.25, 0.3) is 6.08 Å². The van der Waals surface area contributed by atoms with Gasteiger partial charge in [-0.15, -0.1) is 0 Å². The molecule has 0 aliphatic carbocycles. The number of nitrogens with zero attached hydrogens (tertiary/aromatic N) is 1. The van der Waals surface area contributed by atoms with Crippen LogP contribution in [-0.4, -0.2) is 32.7 Å². The molecule has 1 saturated heterocycles. The minimum absolute atomic E-state index is 0.00387. The van der Waals surface area contributed by atoms with E-state index in [1.165, 1.54) is 11.8 Å². The van der Waals surface area contributed by atoms with E-state index in [9.17, 15) is 9.59 Å². The van der Waals surface area contributed by atoms with Gasteiger partial charge in [0.25, 0.3) is 5.91 Å². The lowest BCUT2D eigenvalue weighted by molar-refractivity contribution is -0.137. The molecule has 0 bridgehead atoms. The fraction of sp³-hybridized carbons (Fsp3) is 0.476. The number of unbranched alkanes of at least 4 members (excludes halogenated alkanes) is 7. The second kappa shape index (κ2) is 12.4. The lowest BCUT2D eigenvalue weighted by Gasteiger charge is -2.14. The average Bonchev–Trinajstić information content (AvgIpc) is 2.92. The normalized spacial score (nSPS) is 15.6. The molecule has 1 aliphatic rings. The summed E-state index contributed by atoms with van der Waals surface area (Å²) in [5.41, 5.74) is 0.978. The monoisotopic (exact) mass is 483 g/mol. The second-order valence-corrected chi connectivity index (χ2v) is 9.36. The van der Waals surface area contributed by atoms with Gasteiger partial charge < -0.3 is 5.11 Å². The van der Waals surface area contributed by atoms with Crippen LogP contribution >= 0.6 is 39.9 Å². The van der Waals surface area contributed by atoms with E-state index in [-0.39, 0.29) is 12.3 Å². The quantitative estimate of drug-likeness (QED) is 0.216. The topological polar surface area (TPSA) is 57.6 Å². The van der Waals surface area contributed by atoms with Crippen LogP contribution < -0.4 is 0 Å². The minimum atomic E-state index is -0.707. The fourth-order valence-corrected chi connectivity index (χ4v) is 4.73. The maximum Gasteiger partial charge on any atom is 0.303 e. The molecule has 1 fully saturated rings. The molecule has 0 unspecified atom stereocenters. The van der Waals surface area contributed by atoms with Gasteiger partial charge in [-0.2, -0.15) is 0 Å². The fourth-order valence-electron chi connectivity index (χ4n) is 3.03. The molecule has 1 heterocycles. The molecule has 1 N–H and O–H groups in total. The predicted octanol–water partition coefficient (Wildman–Crippen LogP) is 6.25. The Labute approximate surface area is 184 Å². The van der Waals surface area contributed by atoms with E-state index >= 15 is 0 Å². The molecule has 1 aromatic carbocycles. The number of benzene rings is 1. The molecule has 28 heavy (non-hydrogen) atoms. The molecule has 1 aromatic rings. The molecule has 7 heteroatoms. The number of hydrogen-bond acceptors (Lipinski definition) is 4. The maximum atomic E-state index is 12.6. The molecule has 0 spiro atoms. The zero-order chi connectivity index (χ0) is 20.4. The van der Waals surface area contributed by atoms with Crippen molar-refractivity contribution in [3.63, 3.8) is 0 Å². The van der Waals surface area contributed by atoms with Crippen LogP contribution in [0.2, 0.25) is 0 Å². The number of carboxylic acid groups (broad SMARTS) is 1. The summed E-state index contributed by atoms with van der Waals surface area (Å²) in [7, 11) is 0. The molecule has 0 atom stereocenters. The highest BCUT2D eigenvalue weighted by Gasteiger charge is 2.31. The van der Waals surface area contributed by atoms with Crippen molar-refractivity contribution in [1.82, 2.24) is 4.90 Å². The zero-order valence-corrected chi connectivity index (χ0v) is 19.1. The highest BCUT2D eigenvalue weighted by atomic mass is 79.9. The van der Waals surface area contributed by atoms with Crippen LogP contribution in [0.5, 0.6) is 0 Å². The number of carbonyl (C=O) groups excluding carboxylic acids is 1. The van der Waals surface area contributed by atoms with Crippen molar-refractivity contribution in [2.45, 2.75) is 57.8 Å². The SMILES string of the molecule is O=C(O)CCCCCCCCCCN1C(=O)/C(=C\c2ccccc2Br)SC1=S. The Morgan fingerprint density at radius 1 is 1.07 bits per heavy atom. The van der Waals surface area contributed by atoms with E-state index in [4.69, 9.17) is 17.3 Å². The standard InChI is InChI=1S/C21H26BrNO3S2/c22-17-12-9-8-11-16(17)15-18-20(26)23(21(27)28-18)14-10-6-4-2-1-3-5-7-13-19(24)25/h8-9,11-12,15H,1-7,10,13-14H2,(H,24,25)/b18-15+. The molecule has 0 radical (unpaired) electrons. The van der Waals surface area contributed by atoms with E-state index in [1.807, 2.05) is 30.3 Å². The maximum absolute atomic E-state index is 12.6. The van der Waals surface area contributed by atoms with Gasteiger partial charge >= 0.3 is 5.97 Å². The smallest absolute Gasteiger partial charge is 0.303 e. The summed E-state index contributed by atoms with van der Waals surface area (Å²) < 4.78 is 1.60. The van der Waals surface area contributed by atoms with Gasteiger partial charge in [0.05, 0.1) is 4.91 Å². The van der Waals surface area contributed by atoms with E-state index in [1.54, 1.807) is 4.90 Å². The first-order chi connectivity index (χ1) is 13.5. The molecular weight excluding hydrogens is 458 g/mol. The molecule has 1 aliphatic heterocycles. The molecule has 0 aromatic heterocycles. The first-order valence-corrected chi connectivity index (χ1v) is 11.7. The summed E-state index contributed by atoms with van der Waals surface area (Å²) in [6.45, 7) is 0.677. The Morgan fingerprint density at radius 2 is 1.68 bits per heavy atom. The van der Waals surface area contributed by atoms with Crippen molar-refractivity contribution in [2.24, 2.45) is 0 Å². The van der Waals surface area contributed by atoms with Gasteiger partial charge in [0.2, 0.25) is 0 Å².